The molecular formula is C16H23N3O2. The van der Waals surface area contributed by atoms with Crippen molar-refractivity contribution in [2.24, 2.45) is 5.92 Å². The molecule has 0 bridgehead atoms. The summed E-state index contributed by atoms with van der Waals surface area (Å²) in [6.07, 6.45) is 0.805. The lowest BCUT2D eigenvalue weighted by Crippen LogP contribution is -2.26. The van der Waals surface area contributed by atoms with Crippen LogP contribution < -0.4 is 5.32 Å². The third-order valence-electron chi connectivity index (χ3n) is 3.14. The standard InChI is InChI=1S/C16H23N3O2/c1-11(2)10-21-8-4-7-17-16(20)15-13-9-12(3)5-6-14(13)18-19-15/h5-6,9,11H,4,7-8,10H2,1-3H3,(H,17,20)(H,18,19). The lowest BCUT2D eigenvalue weighted by molar-refractivity contribution is 0.0922. The maximum atomic E-state index is 12.1. The molecule has 0 aliphatic heterocycles. The number of nitrogens with one attached hydrogen (secondary N) is 2. The van der Waals surface area contributed by atoms with E-state index in [1.165, 1.54) is 0 Å². The van der Waals surface area contributed by atoms with Gasteiger partial charge in [0.15, 0.2) is 5.69 Å². The Morgan fingerprint density at radius 3 is 3.00 bits per heavy atom. The number of aromatic nitrogens is 2. The van der Waals surface area contributed by atoms with Crippen molar-refractivity contribution in [1.29, 1.82) is 0 Å². The normalized spacial score (nSPS) is 11.2. The van der Waals surface area contributed by atoms with Crippen LogP contribution in [0.2, 0.25) is 0 Å². The Morgan fingerprint density at radius 1 is 1.43 bits per heavy atom. The van der Waals surface area contributed by atoms with E-state index in [1.54, 1.807) is 0 Å². The Labute approximate surface area is 125 Å². The van der Waals surface area contributed by atoms with Crippen molar-refractivity contribution in [2.75, 3.05) is 19.8 Å². The topological polar surface area (TPSA) is 67.0 Å². The summed E-state index contributed by atoms with van der Waals surface area (Å²) in [4.78, 5) is 12.1. The molecule has 1 aromatic carbocycles. The number of carbonyl (C=O) groups is 1. The molecule has 2 rings (SSSR count). The summed E-state index contributed by atoms with van der Waals surface area (Å²) < 4.78 is 5.48. The lowest BCUT2D eigenvalue weighted by Gasteiger charge is -2.07. The molecule has 0 unspecified atom stereocenters. The van der Waals surface area contributed by atoms with Crippen molar-refractivity contribution in [3.05, 3.63) is 29.5 Å². The number of carbonyl (C=O) groups excluding carboxylic acids is 1. The summed E-state index contributed by atoms with van der Waals surface area (Å²) in [6, 6.07) is 5.90. The summed E-state index contributed by atoms with van der Waals surface area (Å²) in [7, 11) is 0. The van der Waals surface area contributed by atoms with Crippen LogP contribution in [0.25, 0.3) is 10.9 Å². The van der Waals surface area contributed by atoms with Gasteiger partial charge in [0.2, 0.25) is 0 Å². The van der Waals surface area contributed by atoms with Gasteiger partial charge in [-0.25, -0.2) is 0 Å². The van der Waals surface area contributed by atoms with Gasteiger partial charge in [0.05, 0.1) is 5.52 Å². The number of nitrogens with zero attached hydrogens (tertiary/aromatic N) is 1. The van der Waals surface area contributed by atoms with E-state index in [2.05, 4.69) is 29.4 Å². The van der Waals surface area contributed by atoms with Crippen molar-refractivity contribution in [2.45, 2.75) is 27.2 Å². The Balaban J connectivity index is 1.84. The van der Waals surface area contributed by atoms with Gasteiger partial charge in [-0.05, 0) is 31.4 Å². The monoisotopic (exact) mass is 289 g/mol. The molecule has 5 nitrogen and oxygen atoms in total. The smallest absolute Gasteiger partial charge is 0.272 e. The van der Waals surface area contributed by atoms with Crippen LogP contribution in [0.3, 0.4) is 0 Å². The largest absolute Gasteiger partial charge is 0.381 e. The van der Waals surface area contributed by atoms with E-state index >= 15 is 0 Å². The third kappa shape index (κ3) is 4.29. The average molecular weight is 289 g/mol. The first-order valence-corrected chi connectivity index (χ1v) is 7.38. The maximum absolute atomic E-state index is 12.1. The first kappa shape index (κ1) is 15.5. The summed E-state index contributed by atoms with van der Waals surface area (Å²) in [5, 5.41) is 10.7. The molecule has 2 N–H and O–H groups in total. The highest BCUT2D eigenvalue weighted by atomic mass is 16.5. The molecule has 0 spiro atoms. The van der Waals surface area contributed by atoms with Crippen LogP contribution in [0, 0.1) is 12.8 Å². The fourth-order valence-electron chi connectivity index (χ4n) is 2.08. The zero-order valence-electron chi connectivity index (χ0n) is 12.9. The van der Waals surface area contributed by atoms with E-state index in [1.807, 2.05) is 25.1 Å². The van der Waals surface area contributed by atoms with Crippen molar-refractivity contribution in [1.82, 2.24) is 15.5 Å². The van der Waals surface area contributed by atoms with E-state index in [0.717, 1.165) is 29.5 Å². The van der Waals surface area contributed by atoms with Gasteiger partial charge in [-0.15, -0.1) is 0 Å². The van der Waals surface area contributed by atoms with Gasteiger partial charge >= 0.3 is 0 Å². The minimum atomic E-state index is -0.143. The fraction of sp³-hybridized carbons (Fsp3) is 0.500. The fourth-order valence-corrected chi connectivity index (χ4v) is 2.08. The van der Waals surface area contributed by atoms with Crippen molar-refractivity contribution in [3.63, 3.8) is 0 Å². The summed E-state index contributed by atoms with van der Waals surface area (Å²) in [5.41, 5.74) is 2.45. The van der Waals surface area contributed by atoms with E-state index in [4.69, 9.17) is 4.74 Å². The Hall–Kier alpha value is -1.88. The van der Waals surface area contributed by atoms with Crippen LogP contribution in [0.15, 0.2) is 18.2 Å². The summed E-state index contributed by atoms with van der Waals surface area (Å²) in [6.45, 7) is 8.26. The third-order valence-corrected chi connectivity index (χ3v) is 3.14. The molecule has 21 heavy (non-hydrogen) atoms. The Morgan fingerprint density at radius 2 is 2.24 bits per heavy atom. The molecule has 5 heteroatoms. The van der Waals surface area contributed by atoms with Gasteiger partial charge in [0.25, 0.3) is 5.91 Å². The van der Waals surface area contributed by atoms with Gasteiger partial charge in [0.1, 0.15) is 0 Å². The van der Waals surface area contributed by atoms with Crippen LogP contribution in [0.4, 0.5) is 0 Å². The van der Waals surface area contributed by atoms with Crippen LogP contribution in [0.5, 0.6) is 0 Å². The molecule has 0 saturated carbocycles. The number of fused-ring (bicyclic) bond motifs is 1. The minimum absolute atomic E-state index is 0.143. The second-order valence-corrected chi connectivity index (χ2v) is 5.70. The van der Waals surface area contributed by atoms with E-state index in [9.17, 15) is 4.79 Å². The van der Waals surface area contributed by atoms with Gasteiger partial charge in [-0.2, -0.15) is 5.10 Å². The maximum Gasteiger partial charge on any atom is 0.272 e. The molecular weight excluding hydrogens is 266 g/mol. The predicted octanol–water partition coefficient (Wildman–Crippen LogP) is 2.66. The average Bonchev–Trinajstić information content (AvgIpc) is 2.85. The molecule has 0 fully saturated rings. The van der Waals surface area contributed by atoms with E-state index < -0.39 is 0 Å². The first-order chi connectivity index (χ1) is 10.1. The molecule has 1 heterocycles. The number of aryl methyl sites for hydroxylation is 1. The van der Waals surface area contributed by atoms with Crippen LogP contribution in [0.1, 0.15) is 36.3 Å². The van der Waals surface area contributed by atoms with Crippen molar-refractivity contribution < 1.29 is 9.53 Å². The van der Waals surface area contributed by atoms with Gasteiger partial charge in [0, 0.05) is 25.1 Å². The van der Waals surface area contributed by atoms with E-state index in [0.29, 0.717) is 24.8 Å². The SMILES string of the molecule is Cc1ccc2[nH]nc(C(=O)NCCCOCC(C)C)c2c1. The number of hydrogen-bond acceptors (Lipinski definition) is 3. The molecule has 0 radical (unpaired) electrons. The number of rotatable bonds is 7. The minimum Gasteiger partial charge on any atom is -0.381 e. The quantitative estimate of drug-likeness (QED) is 0.770. The molecule has 2 aromatic rings. The Kier molecular flexibility index (Phi) is 5.33. The number of aromatic amines is 1. The molecule has 114 valence electrons. The molecule has 1 aromatic heterocycles. The number of hydrogen-bond donors (Lipinski definition) is 2. The van der Waals surface area contributed by atoms with Gasteiger partial charge in [-0.1, -0.05) is 25.5 Å². The lowest BCUT2D eigenvalue weighted by atomic mass is 10.1. The summed E-state index contributed by atoms with van der Waals surface area (Å²) in [5.74, 6) is 0.397. The number of benzene rings is 1. The van der Waals surface area contributed by atoms with Gasteiger partial charge < -0.3 is 10.1 Å². The summed E-state index contributed by atoms with van der Waals surface area (Å²) >= 11 is 0. The zero-order chi connectivity index (χ0) is 15.2. The first-order valence-electron chi connectivity index (χ1n) is 7.38. The zero-order valence-corrected chi connectivity index (χ0v) is 12.9. The highest BCUT2D eigenvalue weighted by Gasteiger charge is 2.13. The van der Waals surface area contributed by atoms with Crippen LogP contribution in [-0.4, -0.2) is 35.9 Å². The molecule has 0 aliphatic rings. The second-order valence-electron chi connectivity index (χ2n) is 5.70. The highest BCUT2D eigenvalue weighted by Crippen LogP contribution is 2.17. The predicted molar refractivity (Wildman–Crippen MR) is 83.4 cm³/mol. The molecule has 0 saturated heterocycles. The highest BCUT2D eigenvalue weighted by molar-refractivity contribution is 6.04. The van der Waals surface area contributed by atoms with Crippen LogP contribution in [-0.2, 0) is 4.74 Å². The van der Waals surface area contributed by atoms with Crippen LogP contribution >= 0.6 is 0 Å². The number of ether oxygens (including phenoxy) is 1. The number of H-pyrrole nitrogens is 1. The van der Waals surface area contributed by atoms with E-state index in [-0.39, 0.29) is 5.91 Å². The molecule has 0 atom stereocenters. The Bertz CT molecular complexity index is 605. The molecule has 0 aliphatic carbocycles. The second kappa shape index (κ2) is 7.22. The van der Waals surface area contributed by atoms with Crippen molar-refractivity contribution in [3.8, 4) is 0 Å². The van der Waals surface area contributed by atoms with Crippen molar-refractivity contribution >= 4 is 16.8 Å². The molecule has 1 amide bonds. The number of amides is 1. The van der Waals surface area contributed by atoms with Gasteiger partial charge in [-0.3, -0.25) is 9.89 Å².